The maximum atomic E-state index is 11.7. The third-order valence-electron chi connectivity index (χ3n) is 11.1. The molecule has 6 rings (SSSR count). The van der Waals surface area contributed by atoms with Gasteiger partial charge in [-0.1, -0.05) is 115 Å². The van der Waals surface area contributed by atoms with Crippen LogP contribution in [0.3, 0.4) is 0 Å². The Hall–Kier alpha value is -2.70. The molecule has 3 heterocycles. The quantitative estimate of drug-likeness (QED) is 0.0657. The molecule has 1 radical (unpaired) electrons. The van der Waals surface area contributed by atoms with E-state index in [9.17, 15) is 9.90 Å². The first-order valence-electron chi connectivity index (χ1n) is 17.9. The molecule has 0 saturated heterocycles. The first kappa shape index (κ1) is 39.1. The van der Waals surface area contributed by atoms with E-state index >= 15 is 0 Å². The number of rotatable bonds is 10. The van der Waals surface area contributed by atoms with E-state index in [1.807, 2.05) is 39.0 Å². The predicted molar refractivity (Wildman–Crippen MR) is 209 cm³/mol. The summed E-state index contributed by atoms with van der Waals surface area (Å²) in [5.74, 6) is 1.17. The van der Waals surface area contributed by atoms with E-state index in [2.05, 4.69) is 89.3 Å². The largest absolute Gasteiger partial charge is 0.512 e. The van der Waals surface area contributed by atoms with Gasteiger partial charge in [-0.25, -0.2) is 4.98 Å². The summed E-state index contributed by atoms with van der Waals surface area (Å²) in [5.41, 5.74) is 6.10. The minimum Gasteiger partial charge on any atom is -0.512 e. The number of aliphatic hydroxyl groups excluding tert-OH is 1. The number of allylic oxidation sites excluding steroid dienone is 2. The fraction of sp³-hybridized carbons (Fsp3) is 0.452. The van der Waals surface area contributed by atoms with Crippen LogP contribution in [0.1, 0.15) is 92.2 Å². The Morgan fingerprint density at radius 2 is 1.61 bits per heavy atom. The number of carbonyl (C=O) groups is 1. The molecular weight excluding hydrogens is 817 g/mol. The van der Waals surface area contributed by atoms with Crippen molar-refractivity contribution < 1.29 is 30.0 Å². The molecule has 0 bridgehead atoms. The molecule has 2 aromatic heterocycles. The zero-order chi connectivity index (χ0) is 35.0. The van der Waals surface area contributed by atoms with E-state index in [1.165, 1.54) is 42.8 Å². The van der Waals surface area contributed by atoms with Gasteiger partial charge in [-0.05, 0) is 48.6 Å². The minimum atomic E-state index is -1.72. The van der Waals surface area contributed by atoms with E-state index in [-0.39, 0.29) is 48.5 Å². The van der Waals surface area contributed by atoms with Gasteiger partial charge in [-0.2, -0.15) is 0 Å². The van der Waals surface area contributed by atoms with E-state index < -0.39 is 8.07 Å². The van der Waals surface area contributed by atoms with E-state index in [0.717, 1.165) is 48.9 Å². The van der Waals surface area contributed by atoms with E-state index in [4.69, 9.17) is 9.97 Å². The van der Waals surface area contributed by atoms with Crippen LogP contribution in [0.15, 0.2) is 60.6 Å². The van der Waals surface area contributed by atoms with Gasteiger partial charge in [0.2, 0.25) is 0 Å². The molecule has 1 aliphatic heterocycles. The van der Waals surface area contributed by atoms with Gasteiger partial charge in [0, 0.05) is 58.5 Å². The number of hydrogen-bond acceptors (Lipinski definition) is 5. The van der Waals surface area contributed by atoms with Crippen molar-refractivity contribution in [3.05, 3.63) is 77.8 Å². The van der Waals surface area contributed by atoms with Crippen LogP contribution in [0.4, 0.5) is 0 Å². The number of ketones is 1. The van der Waals surface area contributed by atoms with Crippen molar-refractivity contribution >= 4 is 61.5 Å². The smallest absolute Gasteiger partial charge is 0.162 e. The summed E-state index contributed by atoms with van der Waals surface area (Å²) in [6, 6.07) is 19.6. The molecule has 49 heavy (non-hydrogen) atoms. The molecule has 0 saturated carbocycles. The van der Waals surface area contributed by atoms with Gasteiger partial charge < -0.3 is 5.11 Å². The fourth-order valence-electron chi connectivity index (χ4n) is 7.39. The topological polar surface area (TPSA) is 63.1 Å². The van der Waals surface area contributed by atoms with Crippen molar-refractivity contribution in [1.29, 1.82) is 0 Å². The second-order valence-corrected chi connectivity index (χ2v) is 21.0. The standard InChI is InChI=1S/C29H29N2SSi.C13H24O2.Ir/c1-17(2)13-19-10-7-11-21-26-28(32-27(19)21)25(30-16-31-26)20-14-18-9-8-12-22-24(18)23(15-20)33(5,6)29(22,3)4;1-5-10(6-2)12(14)9-13(15)11(7-3)8-4;/h7-12,15-17H,13H2,1-6H3;9-11,14H,5-8H2,1-4H3;/q-1;;/b;12-9-;. The van der Waals surface area contributed by atoms with Gasteiger partial charge in [-0.3, -0.25) is 9.78 Å². The van der Waals surface area contributed by atoms with Gasteiger partial charge >= 0.3 is 0 Å². The first-order chi connectivity index (χ1) is 22.8. The Kier molecular flexibility index (Phi) is 12.5. The molecule has 1 N–H and O–H groups in total. The van der Waals surface area contributed by atoms with Crippen LogP contribution < -0.4 is 5.19 Å². The van der Waals surface area contributed by atoms with E-state index in [0.29, 0.717) is 5.92 Å². The number of aromatic nitrogens is 2. The van der Waals surface area contributed by atoms with Crippen LogP contribution in [-0.4, -0.2) is 28.9 Å². The maximum absolute atomic E-state index is 11.7. The monoisotopic (exact) mass is 870 g/mol. The maximum Gasteiger partial charge on any atom is 0.162 e. The number of hydrogen-bond donors (Lipinski definition) is 1. The molecule has 263 valence electrons. The summed E-state index contributed by atoms with van der Waals surface area (Å²) < 4.78 is 2.53. The predicted octanol–water partition coefficient (Wildman–Crippen LogP) is 11.3. The summed E-state index contributed by atoms with van der Waals surface area (Å²) in [4.78, 5) is 21.3. The molecule has 0 unspecified atom stereocenters. The van der Waals surface area contributed by atoms with Crippen molar-refractivity contribution in [3.8, 4) is 11.3 Å². The first-order valence-corrected chi connectivity index (χ1v) is 21.7. The zero-order valence-electron chi connectivity index (χ0n) is 31.0. The Bertz CT molecular complexity index is 1990. The third-order valence-corrected chi connectivity index (χ3v) is 17.5. The van der Waals surface area contributed by atoms with Gasteiger partial charge in [0.15, 0.2) is 5.78 Å². The summed E-state index contributed by atoms with van der Waals surface area (Å²) in [5, 5.41) is 15.4. The molecule has 3 aromatic carbocycles. The molecule has 5 aromatic rings. The van der Waals surface area contributed by atoms with Gasteiger partial charge in [0.25, 0.3) is 0 Å². The second-order valence-electron chi connectivity index (χ2n) is 15.0. The summed E-state index contributed by atoms with van der Waals surface area (Å²) in [7, 11) is -1.72. The van der Waals surface area contributed by atoms with Crippen LogP contribution in [0.5, 0.6) is 0 Å². The average molecular weight is 870 g/mol. The Labute approximate surface area is 312 Å². The number of benzene rings is 3. The van der Waals surface area contributed by atoms with Gasteiger partial charge in [0.1, 0.15) is 6.33 Å². The summed E-state index contributed by atoms with van der Waals surface area (Å²) in [6.45, 7) is 22.5. The molecule has 0 amide bonds. The van der Waals surface area contributed by atoms with Crippen molar-refractivity contribution in [3.63, 3.8) is 0 Å². The summed E-state index contributed by atoms with van der Waals surface area (Å²) >= 11 is 1.85. The van der Waals surface area contributed by atoms with Crippen molar-refractivity contribution in [2.45, 2.75) is 106 Å². The molecule has 1 aliphatic rings. The van der Waals surface area contributed by atoms with Crippen LogP contribution in [-0.2, 0) is 36.4 Å². The van der Waals surface area contributed by atoms with E-state index in [1.54, 1.807) is 11.5 Å². The third kappa shape index (κ3) is 7.24. The molecule has 0 aliphatic carbocycles. The Morgan fingerprint density at radius 1 is 0.959 bits per heavy atom. The number of nitrogens with zero attached hydrogens (tertiary/aromatic N) is 2. The molecule has 0 atom stereocenters. The Balaban J connectivity index is 0.000000290. The Morgan fingerprint density at radius 3 is 2.24 bits per heavy atom. The second kappa shape index (κ2) is 15.7. The summed E-state index contributed by atoms with van der Waals surface area (Å²) in [6.07, 6.45) is 7.72. The average Bonchev–Trinajstić information content (AvgIpc) is 3.51. The van der Waals surface area contributed by atoms with Crippen molar-refractivity contribution in [2.24, 2.45) is 17.8 Å². The van der Waals surface area contributed by atoms with Crippen LogP contribution >= 0.6 is 11.3 Å². The number of carbonyl (C=O) groups excluding carboxylic acids is 1. The van der Waals surface area contributed by atoms with Crippen LogP contribution in [0, 0.1) is 23.8 Å². The number of thiophene rings is 1. The van der Waals surface area contributed by atoms with Crippen molar-refractivity contribution in [2.75, 3.05) is 0 Å². The SMILES string of the molecule is CC(C)Cc1cccc2c1sc1c(-c3[c-]c4cccc5c4c(c3)[Si](C)(C)C5(C)C)ncnc12.CCC(CC)C(=O)/C=C(\O)C(CC)CC.[Ir]. The number of fused-ring (bicyclic) bond motifs is 3. The molecular formula is C42H53IrN2O2SSi-. The molecule has 7 heteroatoms. The zero-order valence-corrected chi connectivity index (χ0v) is 35.2. The normalized spacial score (nSPS) is 14.9. The molecule has 0 spiro atoms. The molecule has 0 fully saturated rings. The van der Waals surface area contributed by atoms with Crippen LogP contribution in [0.25, 0.3) is 42.3 Å². The minimum absolute atomic E-state index is 0. The van der Waals surface area contributed by atoms with Gasteiger partial charge in [-0.15, -0.1) is 40.1 Å². The van der Waals surface area contributed by atoms with Crippen molar-refractivity contribution in [1.82, 2.24) is 9.97 Å². The van der Waals surface area contributed by atoms with Gasteiger partial charge in [0.05, 0.1) is 19.3 Å². The number of aliphatic hydroxyl groups is 1. The molecule has 4 nitrogen and oxygen atoms in total. The van der Waals surface area contributed by atoms with Crippen LogP contribution in [0.2, 0.25) is 13.1 Å². The fourth-order valence-corrected chi connectivity index (χ4v) is 11.6.